The smallest absolute Gasteiger partial charge is 0.356 e. The van der Waals surface area contributed by atoms with E-state index in [0.29, 0.717) is 17.1 Å². The SMILES string of the molecule is COC(=O)c1cc(-c2cc(Br)ccc2OC)n[nH]1. The minimum absolute atomic E-state index is 0.300. The normalized spacial score (nSPS) is 10.2. The second-order valence-corrected chi connectivity index (χ2v) is 4.42. The van der Waals surface area contributed by atoms with Gasteiger partial charge in [0.2, 0.25) is 0 Å². The molecule has 0 saturated carbocycles. The maximum Gasteiger partial charge on any atom is 0.356 e. The molecule has 2 rings (SSSR count). The van der Waals surface area contributed by atoms with Crippen molar-refractivity contribution < 1.29 is 14.3 Å². The zero-order chi connectivity index (χ0) is 13.1. The van der Waals surface area contributed by atoms with Gasteiger partial charge in [-0.05, 0) is 24.3 Å². The van der Waals surface area contributed by atoms with Crippen molar-refractivity contribution in [3.05, 3.63) is 34.4 Å². The number of halogens is 1. The van der Waals surface area contributed by atoms with Gasteiger partial charge in [-0.15, -0.1) is 0 Å². The van der Waals surface area contributed by atoms with Crippen molar-refractivity contribution in [2.45, 2.75) is 0 Å². The minimum Gasteiger partial charge on any atom is -0.496 e. The third-order valence-corrected chi connectivity index (χ3v) is 2.91. The number of ether oxygens (including phenoxy) is 2. The van der Waals surface area contributed by atoms with Gasteiger partial charge in [0.25, 0.3) is 0 Å². The summed E-state index contributed by atoms with van der Waals surface area (Å²) in [4.78, 5) is 11.3. The largest absolute Gasteiger partial charge is 0.496 e. The molecule has 0 atom stereocenters. The van der Waals surface area contributed by atoms with Crippen LogP contribution in [-0.4, -0.2) is 30.4 Å². The number of esters is 1. The number of nitrogens with zero attached hydrogens (tertiary/aromatic N) is 1. The van der Waals surface area contributed by atoms with Crippen LogP contribution < -0.4 is 4.74 Å². The van der Waals surface area contributed by atoms with Gasteiger partial charge < -0.3 is 9.47 Å². The first-order valence-corrected chi connectivity index (χ1v) is 5.92. The average Bonchev–Trinajstić information content (AvgIpc) is 2.87. The molecular formula is C12H11BrN2O3. The maximum atomic E-state index is 11.3. The van der Waals surface area contributed by atoms with Crippen LogP contribution in [0.3, 0.4) is 0 Å². The number of carbonyl (C=O) groups is 1. The molecule has 1 N–H and O–H groups in total. The zero-order valence-corrected chi connectivity index (χ0v) is 11.4. The zero-order valence-electron chi connectivity index (χ0n) is 9.86. The Morgan fingerprint density at radius 2 is 2.11 bits per heavy atom. The molecule has 2 aromatic rings. The molecule has 0 aliphatic heterocycles. The van der Waals surface area contributed by atoms with E-state index in [1.165, 1.54) is 7.11 Å². The van der Waals surface area contributed by atoms with E-state index in [0.717, 1.165) is 10.0 Å². The number of methoxy groups -OCH3 is 2. The van der Waals surface area contributed by atoms with E-state index in [1.54, 1.807) is 13.2 Å². The van der Waals surface area contributed by atoms with Crippen LogP contribution in [0.25, 0.3) is 11.3 Å². The summed E-state index contributed by atoms with van der Waals surface area (Å²) >= 11 is 3.39. The predicted molar refractivity (Wildman–Crippen MR) is 69.6 cm³/mol. The fourth-order valence-electron chi connectivity index (χ4n) is 1.55. The van der Waals surface area contributed by atoms with Crippen LogP contribution in [0, 0.1) is 0 Å². The van der Waals surface area contributed by atoms with E-state index in [-0.39, 0.29) is 0 Å². The number of rotatable bonds is 3. The monoisotopic (exact) mass is 310 g/mol. The first-order valence-electron chi connectivity index (χ1n) is 5.13. The van der Waals surface area contributed by atoms with Crippen LogP contribution in [0.1, 0.15) is 10.5 Å². The molecule has 0 bridgehead atoms. The highest BCUT2D eigenvalue weighted by Gasteiger charge is 2.14. The van der Waals surface area contributed by atoms with Crippen LogP contribution in [0.2, 0.25) is 0 Å². The van der Waals surface area contributed by atoms with Gasteiger partial charge >= 0.3 is 5.97 Å². The van der Waals surface area contributed by atoms with Crippen molar-refractivity contribution in [3.63, 3.8) is 0 Å². The van der Waals surface area contributed by atoms with Crippen molar-refractivity contribution >= 4 is 21.9 Å². The van der Waals surface area contributed by atoms with Crippen LogP contribution in [0.4, 0.5) is 0 Å². The van der Waals surface area contributed by atoms with Gasteiger partial charge in [-0.2, -0.15) is 5.10 Å². The summed E-state index contributed by atoms with van der Waals surface area (Å²) in [6.45, 7) is 0. The molecule has 0 amide bonds. The van der Waals surface area contributed by atoms with E-state index in [9.17, 15) is 4.79 Å². The van der Waals surface area contributed by atoms with Crippen molar-refractivity contribution in [2.24, 2.45) is 0 Å². The summed E-state index contributed by atoms with van der Waals surface area (Å²) in [5, 5.41) is 6.71. The lowest BCUT2D eigenvalue weighted by atomic mass is 10.1. The van der Waals surface area contributed by atoms with Crippen LogP contribution >= 0.6 is 15.9 Å². The van der Waals surface area contributed by atoms with Crippen LogP contribution in [0.15, 0.2) is 28.7 Å². The number of benzene rings is 1. The van der Waals surface area contributed by atoms with Gasteiger partial charge in [-0.1, -0.05) is 15.9 Å². The predicted octanol–water partition coefficient (Wildman–Crippen LogP) is 2.63. The minimum atomic E-state index is -0.456. The van der Waals surface area contributed by atoms with Gasteiger partial charge in [-0.25, -0.2) is 4.79 Å². The highest BCUT2D eigenvalue weighted by Crippen LogP contribution is 2.31. The molecule has 0 aliphatic carbocycles. The van der Waals surface area contributed by atoms with Gasteiger partial charge in [0, 0.05) is 10.0 Å². The van der Waals surface area contributed by atoms with E-state index < -0.39 is 5.97 Å². The second kappa shape index (κ2) is 5.22. The van der Waals surface area contributed by atoms with Gasteiger partial charge in [0.1, 0.15) is 11.4 Å². The summed E-state index contributed by atoms with van der Waals surface area (Å²) in [6.07, 6.45) is 0. The third kappa shape index (κ3) is 2.38. The number of H-pyrrole nitrogens is 1. The lowest BCUT2D eigenvalue weighted by molar-refractivity contribution is 0.0594. The molecule has 1 aromatic carbocycles. The van der Waals surface area contributed by atoms with E-state index in [1.807, 2.05) is 18.2 Å². The molecule has 1 aromatic heterocycles. The van der Waals surface area contributed by atoms with E-state index >= 15 is 0 Å². The number of nitrogens with one attached hydrogen (secondary N) is 1. The number of hydrogen-bond acceptors (Lipinski definition) is 4. The van der Waals surface area contributed by atoms with Crippen molar-refractivity contribution in [3.8, 4) is 17.0 Å². The quantitative estimate of drug-likeness (QED) is 0.885. The molecule has 0 unspecified atom stereocenters. The molecule has 0 radical (unpaired) electrons. The number of aromatic nitrogens is 2. The van der Waals surface area contributed by atoms with Gasteiger partial charge in [-0.3, -0.25) is 5.10 Å². The van der Waals surface area contributed by atoms with Gasteiger partial charge in [0.15, 0.2) is 0 Å². The topological polar surface area (TPSA) is 64.2 Å². The Labute approximate surface area is 112 Å². The molecule has 0 fully saturated rings. The Kier molecular flexibility index (Phi) is 3.66. The van der Waals surface area contributed by atoms with Crippen molar-refractivity contribution in [2.75, 3.05) is 14.2 Å². The lowest BCUT2D eigenvalue weighted by Gasteiger charge is -2.05. The highest BCUT2D eigenvalue weighted by atomic mass is 79.9. The summed E-state index contributed by atoms with van der Waals surface area (Å²) < 4.78 is 10.8. The van der Waals surface area contributed by atoms with Crippen molar-refractivity contribution in [1.82, 2.24) is 10.2 Å². The van der Waals surface area contributed by atoms with Crippen LogP contribution in [0.5, 0.6) is 5.75 Å². The highest BCUT2D eigenvalue weighted by molar-refractivity contribution is 9.10. The van der Waals surface area contributed by atoms with E-state index in [2.05, 4.69) is 30.9 Å². The molecule has 1 heterocycles. The molecule has 94 valence electrons. The Bertz CT molecular complexity index is 580. The molecule has 0 aliphatic rings. The summed E-state index contributed by atoms with van der Waals surface area (Å²) in [7, 11) is 2.91. The number of carbonyl (C=O) groups excluding carboxylic acids is 1. The fraction of sp³-hybridized carbons (Fsp3) is 0.167. The third-order valence-electron chi connectivity index (χ3n) is 2.42. The van der Waals surface area contributed by atoms with Gasteiger partial charge in [0.05, 0.1) is 19.9 Å². The van der Waals surface area contributed by atoms with Crippen LogP contribution in [-0.2, 0) is 4.74 Å². The Balaban J connectivity index is 2.45. The standard InChI is InChI=1S/C12H11BrN2O3/c1-17-11-4-3-7(13)5-8(11)9-6-10(15-14-9)12(16)18-2/h3-6H,1-2H3,(H,14,15). The molecular weight excluding hydrogens is 300 g/mol. The first-order chi connectivity index (χ1) is 8.65. The fourth-order valence-corrected chi connectivity index (χ4v) is 1.92. The Hall–Kier alpha value is -1.82. The Morgan fingerprint density at radius 1 is 1.33 bits per heavy atom. The Morgan fingerprint density at radius 3 is 2.78 bits per heavy atom. The number of hydrogen-bond donors (Lipinski definition) is 1. The summed E-state index contributed by atoms with van der Waals surface area (Å²) in [6, 6.07) is 7.19. The molecule has 6 heteroatoms. The first kappa shape index (κ1) is 12.6. The molecule has 0 saturated heterocycles. The second-order valence-electron chi connectivity index (χ2n) is 3.50. The summed E-state index contributed by atoms with van der Waals surface area (Å²) in [5.74, 6) is 0.226. The lowest BCUT2D eigenvalue weighted by Crippen LogP contribution is -2.00. The summed E-state index contributed by atoms with van der Waals surface area (Å²) in [5.41, 5.74) is 1.71. The number of aromatic amines is 1. The molecule has 0 spiro atoms. The van der Waals surface area contributed by atoms with Crippen molar-refractivity contribution in [1.29, 1.82) is 0 Å². The average molecular weight is 311 g/mol. The molecule has 18 heavy (non-hydrogen) atoms. The van der Waals surface area contributed by atoms with E-state index in [4.69, 9.17) is 4.74 Å². The molecule has 5 nitrogen and oxygen atoms in total. The maximum absolute atomic E-state index is 11.3.